The van der Waals surface area contributed by atoms with Crippen molar-refractivity contribution < 1.29 is 9.59 Å². The van der Waals surface area contributed by atoms with Gasteiger partial charge in [-0.05, 0) is 48.2 Å². The van der Waals surface area contributed by atoms with E-state index < -0.39 is 6.04 Å². The summed E-state index contributed by atoms with van der Waals surface area (Å²) in [5.74, 6) is -0.363. The van der Waals surface area contributed by atoms with Crippen molar-refractivity contribution >= 4 is 35.0 Å². The lowest BCUT2D eigenvalue weighted by atomic mass is 9.99. The van der Waals surface area contributed by atoms with Crippen molar-refractivity contribution in [1.29, 1.82) is 0 Å². The van der Waals surface area contributed by atoms with E-state index in [-0.39, 0.29) is 24.8 Å². The molecular formula is C27H28Cl2N2O2. The third-order valence-electron chi connectivity index (χ3n) is 5.72. The Balaban J connectivity index is 2.00. The molecule has 1 N–H and O–H groups in total. The minimum atomic E-state index is -0.693. The highest BCUT2D eigenvalue weighted by atomic mass is 35.5. The molecule has 0 bridgehead atoms. The van der Waals surface area contributed by atoms with Gasteiger partial charge in [-0.1, -0.05) is 83.4 Å². The van der Waals surface area contributed by atoms with Gasteiger partial charge < -0.3 is 10.2 Å². The lowest BCUT2D eigenvalue weighted by Crippen LogP contribution is -2.50. The average Bonchev–Trinajstić information content (AvgIpc) is 2.80. The van der Waals surface area contributed by atoms with E-state index in [4.69, 9.17) is 23.2 Å². The zero-order valence-electron chi connectivity index (χ0n) is 19.1. The van der Waals surface area contributed by atoms with E-state index >= 15 is 0 Å². The predicted octanol–water partition coefficient (Wildman–Crippen LogP) is 5.54. The molecule has 4 nitrogen and oxygen atoms in total. The number of benzene rings is 3. The minimum Gasteiger partial charge on any atom is -0.357 e. The topological polar surface area (TPSA) is 49.4 Å². The van der Waals surface area contributed by atoms with E-state index in [1.807, 2.05) is 62.4 Å². The van der Waals surface area contributed by atoms with Crippen molar-refractivity contribution in [3.8, 4) is 0 Å². The fraction of sp³-hybridized carbons (Fsp3) is 0.259. The second kappa shape index (κ2) is 11.4. The van der Waals surface area contributed by atoms with Gasteiger partial charge in [-0.15, -0.1) is 0 Å². The quantitative estimate of drug-likeness (QED) is 0.458. The normalized spacial score (nSPS) is 11.7. The van der Waals surface area contributed by atoms with Crippen LogP contribution in [0.2, 0.25) is 10.0 Å². The van der Waals surface area contributed by atoms with Crippen LogP contribution in [-0.4, -0.2) is 29.8 Å². The van der Waals surface area contributed by atoms with Crippen LogP contribution in [0.25, 0.3) is 0 Å². The van der Waals surface area contributed by atoms with Gasteiger partial charge in [0.25, 0.3) is 0 Å². The highest BCUT2D eigenvalue weighted by Crippen LogP contribution is 2.25. The van der Waals surface area contributed by atoms with Crippen LogP contribution in [-0.2, 0) is 29.0 Å². The SMILES string of the molecule is CNC(=O)[C@@H](Cc1ccccc1)N(Cc1ccc(Cl)cc1Cl)C(=O)Cc1cc(C)ccc1C. The van der Waals surface area contributed by atoms with Gasteiger partial charge in [0.05, 0.1) is 6.42 Å². The summed E-state index contributed by atoms with van der Waals surface area (Å²) in [6, 6.07) is 20.2. The van der Waals surface area contributed by atoms with Crippen LogP contribution in [0.3, 0.4) is 0 Å². The number of nitrogens with one attached hydrogen (secondary N) is 1. The molecule has 0 aliphatic heterocycles. The molecule has 0 aliphatic rings. The Kier molecular flexibility index (Phi) is 8.54. The fourth-order valence-corrected chi connectivity index (χ4v) is 4.28. The van der Waals surface area contributed by atoms with Gasteiger partial charge in [-0.3, -0.25) is 9.59 Å². The van der Waals surface area contributed by atoms with Crippen LogP contribution in [0.15, 0.2) is 66.7 Å². The maximum absolute atomic E-state index is 13.7. The molecule has 0 fully saturated rings. The maximum Gasteiger partial charge on any atom is 0.242 e. The molecule has 0 aromatic heterocycles. The number of hydrogen-bond donors (Lipinski definition) is 1. The summed E-state index contributed by atoms with van der Waals surface area (Å²) in [6.07, 6.45) is 0.589. The molecule has 6 heteroatoms. The van der Waals surface area contributed by atoms with Crippen LogP contribution < -0.4 is 5.32 Å². The molecule has 2 amide bonds. The van der Waals surface area contributed by atoms with Crippen LogP contribution in [0.1, 0.15) is 27.8 Å². The smallest absolute Gasteiger partial charge is 0.242 e. The van der Waals surface area contributed by atoms with E-state index in [1.165, 1.54) is 0 Å². The van der Waals surface area contributed by atoms with Gasteiger partial charge in [0.1, 0.15) is 6.04 Å². The molecular weight excluding hydrogens is 455 g/mol. The van der Waals surface area contributed by atoms with Crippen LogP contribution in [0.5, 0.6) is 0 Å². The Morgan fingerprint density at radius 1 is 0.939 bits per heavy atom. The molecule has 0 saturated heterocycles. The van der Waals surface area contributed by atoms with E-state index in [1.54, 1.807) is 30.1 Å². The first kappa shape index (κ1) is 24.8. The standard InChI is InChI=1S/C27H28Cl2N2O2/c1-18-9-10-19(2)22(13-18)15-26(32)31(17-21-11-12-23(28)16-24(21)29)25(27(33)30-3)14-20-7-5-4-6-8-20/h4-13,16,25H,14-15,17H2,1-3H3,(H,30,33)/t25-/m1/s1. The first-order valence-electron chi connectivity index (χ1n) is 10.8. The molecule has 3 aromatic carbocycles. The number of carbonyl (C=O) groups is 2. The predicted molar refractivity (Wildman–Crippen MR) is 135 cm³/mol. The van der Waals surface area contributed by atoms with Crippen molar-refractivity contribution in [3.05, 3.63) is 105 Å². The summed E-state index contributed by atoms with van der Waals surface area (Å²) in [7, 11) is 1.59. The van der Waals surface area contributed by atoms with Crippen molar-refractivity contribution in [2.75, 3.05) is 7.05 Å². The molecule has 0 aliphatic carbocycles. The molecule has 0 radical (unpaired) electrons. The van der Waals surface area contributed by atoms with Gasteiger partial charge in [-0.25, -0.2) is 0 Å². The van der Waals surface area contributed by atoms with Gasteiger partial charge in [0.15, 0.2) is 0 Å². The Labute approximate surface area is 205 Å². The second-order valence-electron chi connectivity index (χ2n) is 8.18. The minimum absolute atomic E-state index is 0.140. The maximum atomic E-state index is 13.7. The second-order valence-corrected chi connectivity index (χ2v) is 9.03. The van der Waals surface area contributed by atoms with Gasteiger partial charge in [0.2, 0.25) is 11.8 Å². The van der Waals surface area contributed by atoms with Crippen LogP contribution >= 0.6 is 23.2 Å². The Hall–Kier alpha value is -2.82. The molecule has 0 unspecified atom stereocenters. The molecule has 3 rings (SSSR count). The van der Waals surface area contributed by atoms with Gasteiger partial charge >= 0.3 is 0 Å². The molecule has 3 aromatic rings. The van der Waals surface area contributed by atoms with Gasteiger partial charge in [0, 0.05) is 30.1 Å². The number of hydrogen-bond acceptors (Lipinski definition) is 2. The fourth-order valence-electron chi connectivity index (χ4n) is 3.81. The summed E-state index contributed by atoms with van der Waals surface area (Å²) in [5.41, 5.74) is 4.78. The molecule has 33 heavy (non-hydrogen) atoms. The van der Waals surface area contributed by atoms with Crippen molar-refractivity contribution in [2.45, 2.75) is 39.3 Å². The number of nitrogens with zero attached hydrogens (tertiary/aromatic N) is 1. The lowest BCUT2D eigenvalue weighted by molar-refractivity contribution is -0.140. The summed E-state index contributed by atoms with van der Waals surface area (Å²) in [6.45, 7) is 4.19. The number of amides is 2. The van der Waals surface area contributed by atoms with E-state index in [2.05, 4.69) is 5.32 Å². The van der Waals surface area contributed by atoms with Crippen molar-refractivity contribution in [2.24, 2.45) is 0 Å². The Bertz CT molecular complexity index is 1130. The number of likely N-dealkylation sites (N-methyl/N-ethyl adjacent to an activating group) is 1. The summed E-state index contributed by atoms with van der Waals surface area (Å²) >= 11 is 12.5. The summed E-state index contributed by atoms with van der Waals surface area (Å²) in [4.78, 5) is 28.3. The van der Waals surface area contributed by atoms with E-state index in [0.29, 0.717) is 16.5 Å². The number of rotatable bonds is 8. The van der Waals surface area contributed by atoms with Gasteiger partial charge in [-0.2, -0.15) is 0 Å². The third-order valence-corrected chi connectivity index (χ3v) is 6.31. The molecule has 1 atom stereocenters. The zero-order valence-corrected chi connectivity index (χ0v) is 20.6. The van der Waals surface area contributed by atoms with Crippen molar-refractivity contribution in [3.63, 3.8) is 0 Å². The van der Waals surface area contributed by atoms with Crippen LogP contribution in [0.4, 0.5) is 0 Å². The first-order chi connectivity index (χ1) is 15.8. The summed E-state index contributed by atoms with van der Waals surface area (Å²) < 4.78 is 0. The number of carbonyl (C=O) groups excluding carboxylic acids is 2. The highest BCUT2D eigenvalue weighted by Gasteiger charge is 2.30. The van der Waals surface area contributed by atoms with E-state index in [9.17, 15) is 9.59 Å². The Morgan fingerprint density at radius 3 is 2.33 bits per heavy atom. The number of aryl methyl sites for hydroxylation is 2. The first-order valence-corrected chi connectivity index (χ1v) is 11.6. The lowest BCUT2D eigenvalue weighted by Gasteiger charge is -2.31. The molecule has 0 heterocycles. The highest BCUT2D eigenvalue weighted by molar-refractivity contribution is 6.35. The largest absolute Gasteiger partial charge is 0.357 e. The molecule has 0 saturated carbocycles. The van der Waals surface area contributed by atoms with Crippen LogP contribution in [0, 0.1) is 13.8 Å². The van der Waals surface area contributed by atoms with Crippen molar-refractivity contribution in [1.82, 2.24) is 10.2 Å². The zero-order chi connectivity index (χ0) is 24.0. The summed E-state index contributed by atoms with van der Waals surface area (Å²) in [5, 5.41) is 3.71. The molecule has 0 spiro atoms. The van der Waals surface area contributed by atoms with E-state index in [0.717, 1.165) is 27.8 Å². The Morgan fingerprint density at radius 2 is 1.67 bits per heavy atom. The molecule has 172 valence electrons. The monoisotopic (exact) mass is 482 g/mol. The average molecular weight is 483 g/mol. The third kappa shape index (κ3) is 6.59. The number of halogens is 2.